The number of aromatic nitrogens is 1. The van der Waals surface area contributed by atoms with Crippen LogP contribution in [0.4, 0.5) is 13.2 Å². The summed E-state index contributed by atoms with van der Waals surface area (Å²) in [4.78, 5) is 16.5. The van der Waals surface area contributed by atoms with Crippen molar-refractivity contribution in [2.45, 2.75) is 25.7 Å². The molecule has 1 aromatic heterocycles. The maximum atomic E-state index is 12.1. The van der Waals surface area contributed by atoms with E-state index in [0.29, 0.717) is 12.0 Å². The van der Waals surface area contributed by atoms with Gasteiger partial charge in [0.25, 0.3) is 0 Å². The van der Waals surface area contributed by atoms with Gasteiger partial charge in [0.05, 0.1) is 5.52 Å². The molecule has 0 spiro atoms. The molecule has 0 unspecified atom stereocenters. The normalized spacial score (nSPS) is 11.4. The molecule has 0 saturated heterocycles. The molecule has 140 valence electrons. The number of pyridine rings is 1. The van der Waals surface area contributed by atoms with Crippen molar-refractivity contribution in [3.8, 4) is 5.75 Å². The van der Waals surface area contributed by atoms with Crippen LogP contribution in [0.2, 0.25) is 0 Å². The van der Waals surface area contributed by atoms with Crippen LogP contribution in [0.3, 0.4) is 0 Å². The van der Waals surface area contributed by atoms with Crippen molar-refractivity contribution in [2.75, 3.05) is 0 Å². The van der Waals surface area contributed by atoms with E-state index in [2.05, 4.69) is 15.0 Å². The zero-order valence-corrected chi connectivity index (χ0v) is 14.3. The average molecular weight is 374 g/mol. The first kappa shape index (κ1) is 18.7. The molecule has 1 N–H and O–H groups in total. The molecule has 7 heteroatoms. The van der Waals surface area contributed by atoms with Crippen LogP contribution >= 0.6 is 0 Å². The van der Waals surface area contributed by atoms with Gasteiger partial charge in [-0.05, 0) is 36.2 Å². The molecule has 0 saturated carbocycles. The van der Waals surface area contributed by atoms with E-state index in [1.54, 1.807) is 0 Å². The number of aryl methyl sites for hydroxylation is 1. The minimum atomic E-state index is -4.72. The van der Waals surface area contributed by atoms with Crippen molar-refractivity contribution in [3.63, 3.8) is 0 Å². The van der Waals surface area contributed by atoms with Crippen LogP contribution in [0.5, 0.6) is 5.75 Å². The number of ether oxygens (including phenoxy) is 1. The third-order valence-electron chi connectivity index (χ3n) is 3.91. The first-order chi connectivity index (χ1) is 12.9. The van der Waals surface area contributed by atoms with Crippen LogP contribution in [-0.4, -0.2) is 17.3 Å². The van der Waals surface area contributed by atoms with E-state index in [1.165, 1.54) is 24.3 Å². The summed E-state index contributed by atoms with van der Waals surface area (Å²) in [6.07, 6.45) is -3.93. The van der Waals surface area contributed by atoms with E-state index < -0.39 is 6.36 Å². The standard InChI is InChI=1S/C20H17F3N2O2/c21-20(22,23)27-17-10-5-14(6-11-17)13-24-19(26)12-9-16-8-7-15-3-1-2-4-18(15)25-16/h1-8,10-11H,9,12-13H2,(H,24,26). The Morgan fingerprint density at radius 2 is 1.74 bits per heavy atom. The number of nitrogens with zero attached hydrogens (tertiary/aromatic N) is 1. The largest absolute Gasteiger partial charge is 0.573 e. The van der Waals surface area contributed by atoms with Gasteiger partial charge < -0.3 is 10.1 Å². The lowest BCUT2D eigenvalue weighted by molar-refractivity contribution is -0.274. The zero-order chi connectivity index (χ0) is 19.3. The fourth-order valence-corrected chi connectivity index (χ4v) is 2.59. The summed E-state index contributed by atoms with van der Waals surface area (Å²) in [5.74, 6) is -0.444. The second kappa shape index (κ2) is 8.07. The molecule has 3 aromatic rings. The van der Waals surface area contributed by atoms with Crippen molar-refractivity contribution < 1.29 is 22.7 Å². The Morgan fingerprint density at radius 3 is 2.48 bits per heavy atom. The van der Waals surface area contributed by atoms with Gasteiger partial charge in [0.1, 0.15) is 5.75 Å². The molecule has 0 atom stereocenters. The molecule has 0 aliphatic rings. The molecule has 0 fully saturated rings. The number of benzene rings is 2. The number of para-hydroxylation sites is 1. The lowest BCUT2D eigenvalue weighted by Crippen LogP contribution is -2.23. The van der Waals surface area contributed by atoms with Gasteiger partial charge in [-0.2, -0.15) is 0 Å². The van der Waals surface area contributed by atoms with E-state index in [0.717, 1.165) is 16.6 Å². The average Bonchev–Trinajstić information content (AvgIpc) is 2.64. The Labute approximate surface area is 154 Å². The third kappa shape index (κ3) is 5.70. The summed E-state index contributed by atoms with van der Waals surface area (Å²) in [7, 11) is 0. The maximum absolute atomic E-state index is 12.1. The van der Waals surface area contributed by atoms with Crippen LogP contribution < -0.4 is 10.1 Å². The molecule has 1 amide bonds. The van der Waals surface area contributed by atoms with Crippen molar-refractivity contribution >= 4 is 16.8 Å². The highest BCUT2D eigenvalue weighted by Gasteiger charge is 2.30. The summed E-state index contributed by atoms with van der Waals surface area (Å²) in [5.41, 5.74) is 2.40. The summed E-state index contributed by atoms with van der Waals surface area (Å²) in [6, 6.07) is 17.0. The van der Waals surface area contributed by atoms with Gasteiger partial charge >= 0.3 is 6.36 Å². The van der Waals surface area contributed by atoms with Crippen LogP contribution in [0.15, 0.2) is 60.7 Å². The Bertz CT molecular complexity index is 924. The van der Waals surface area contributed by atoms with E-state index in [-0.39, 0.29) is 24.6 Å². The number of halogens is 3. The summed E-state index contributed by atoms with van der Waals surface area (Å²) >= 11 is 0. The second-order valence-corrected chi connectivity index (χ2v) is 5.96. The molecule has 0 aliphatic carbocycles. The van der Waals surface area contributed by atoms with Gasteiger partial charge in [0, 0.05) is 24.0 Å². The molecule has 0 bridgehead atoms. The van der Waals surface area contributed by atoms with Crippen LogP contribution in [0.1, 0.15) is 17.7 Å². The van der Waals surface area contributed by atoms with Gasteiger partial charge in [-0.15, -0.1) is 13.2 Å². The Hall–Kier alpha value is -3.09. The number of hydrogen-bond acceptors (Lipinski definition) is 3. The minimum Gasteiger partial charge on any atom is -0.406 e. The molecule has 4 nitrogen and oxygen atoms in total. The summed E-state index contributed by atoms with van der Waals surface area (Å²) < 4.78 is 40.2. The number of carbonyl (C=O) groups excluding carboxylic acids is 1. The molecule has 3 rings (SSSR count). The van der Waals surface area contributed by atoms with E-state index in [9.17, 15) is 18.0 Å². The zero-order valence-electron chi connectivity index (χ0n) is 14.3. The number of alkyl halides is 3. The highest BCUT2D eigenvalue weighted by molar-refractivity contribution is 5.79. The Kier molecular flexibility index (Phi) is 5.59. The van der Waals surface area contributed by atoms with Gasteiger partial charge in [0.15, 0.2) is 0 Å². The van der Waals surface area contributed by atoms with Gasteiger partial charge in [-0.25, -0.2) is 0 Å². The van der Waals surface area contributed by atoms with Crippen LogP contribution in [0, 0.1) is 0 Å². The number of amides is 1. The number of fused-ring (bicyclic) bond motifs is 1. The van der Waals surface area contributed by atoms with Crippen molar-refractivity contribution in [3.05, 3.63) is 71.9 Å². The smallest absolute Gasteiger partial charge is 0.406 e. The van der Waals surface area contributed by atoms with Crippen molar-refractivity contribution in [1.29, 1.82) is 0 Å². The predicted molar refractivity (Wildman–Crippen MR) is 95.0 cm³/mol. The van der Waals surface area contributed by atoms with Gasteiger partial charge in [0.2, 0.25) is 5.91 Å². The van der Waals surface area contributed by atoms with Gasteiger partial charge in [-0.3, -0.25) is 9.78 Å². The SMILES string of the molecule is O=C(CCc1ccc2ccccc2n1)NCc1ccc(OC(F)(F)F)cc1. The number of rotatable bonds is 6. The lowest BCUT2D eigenvalue weighted by Gasteiger charge is -2.10. The summed E-state index contributed by atoms with van der Waals surface area (Å²) in [5, 5.41) is 3.79. The Morgan fingerprint density at radius 1 is 1.00 bits per heavy atom. The number of nitrogens with one attached hydrogen (secondary N) is 1. The topological polar surface area (TPSA) is 51.2 Å². The highest BCUT2D eigenvalue weighted by Crippen LogP contribution is 2.22. The molecule has 2 aromatic carbocycles. The Balaban J connectivity index is 1.47. The molecule has 1 heterocycles. The predicted octanol–water partition coefficient (Wildman–Crippen LogP) is 4.38. The van der Waals surface area contributed by atoms with E-state index in [4.69, 9.17) is 0 Å². The maximum Gasteiger partial charge on any atom is 0.573 e. The first-order valence-electron chi connectivity index (χ1n) is 8.35. The minimum absolute atomic E-state index is 0.152. The van der Waals surface area contributed by atoms with Crippen molar-refractivity contribution in [1.82, 2.24) is 10.3 Å². The fourth-order valence-electron chi connectivity index (χ4n) is 2.59. The molecule has 0 radical (unpaired) electrons. The molecular weight excluding hydrogens is 357 g/mol. The molecular formula is C20H17F3N2O2. The summed E-state index contributed by atoms with van der Waals surface area (Å²) in [6.45, 7) is 0.232. The third-order valence-corrected chi connectivity index (χ3v) is 3.91. The van der Waals surface area contributed by atoms with Crippen LogP contribution in [0.25, 0.3) is 10.9 Å². The fraction of sp³-hybridized carbons (Fsp3) is 0.200. The monoisotopic (exact) mass is 374 g/mol. The molecule has 27 heavy (non-hydrogen) atoms. The molecule has 0 aliphatic heterocycles. The van der Waals surface area contributed by atoms with E-state index in [1.807, 2.05) is 36.4 Å². The lowest BCUT2D eigenvalue weighted by atomic mass is 10.1. The first-order valence-corrected chi connectivity index (χ1v) is 8.35. The van der Waals surface area contributed by atoms with Gasteiger partial charge in [-0.1, -0.05) is 36.4 Å². The van der Waals surface area contributed by atoms with Crippen LogP contribution in [-0.2, 0) is 17.8 Å². The highest BCUT2D eigenvalue weighted by atomic mass is 19.4. The van der Waals surface area contributed by atoms with E-state index >= 15 is 0 Å². The number of hydrogen-bond donors (Lipinski definition) is 1. The number of carbonyl (C=O) groups is 1. The second-order valence-electron chi connectivity index (χ2n) is 5.96. The van der Waals surface area contributed by atoms with Crippen molar-refractivity contribution in [2.24, 2.45) is 0 Å². The quantitative estimate of drug-likeness (QED) is 0.697.